The number of thiazole rings is 1. The summed E-state index contributed by atoms with van der Waals surface area (Å²) >= 11 is 7.54. The van der Waals surface area contributed by atoms with Crippen LogP contribution >= 0.6 is 22.9 Å². The highest BCUT2D eigenvalue weighted by Crippen LogP contribution is 2.24. The molecule has 0 aliphatic heterocycles. The fraction of sp³-hybridized carbons (Fsp3) is 0.250. The lowest BCUT2D eigenvalue weighted by molar-refractivity contribution is 1.08. The van der Waals surface area contributed by atoms with Crippen molar-refractivity contribution in [1.29, 1.82) is 0 Å². The molecular formula is C12H13ClN2S. The van der Waals surface area contributed by atoms with Crippen molar-refractivity contribution in [3.8, 4) is 0 Å². The summed E-state index contributed by atoms with van der Waals surface area (Å²) in [6, 6.07) is 7.91. The van der Waals surface area contributed by atoms with Gasteiger partial charge in [0.2, 0.25) is 0 Å². The van der Waals surface area contributed by atoms with E-state index in [4.69, 9.17) is 11.6 Å². The van der Waals surface area contributed by atoms with Gasteiger partial charge in [0.1, 0.15) is 0 Å². The van der Waals surface area contributed by atoms with E-state index in [0.29, 0.717) is 0 Å². The monoisotopic (exact) mass is 252 g/mol. The molecule has 0 unspecified atom stereocenters. The van der Waals surface area contributed by atoms with Gasteiger partial charge in [-0.15, -0.1) is 11.3 Å². The molecule has 84 valence electrons. The van der Waals surface area contributed by atoms with E-state index >= 15 is 0 Å². The van der Waals surface area contributed by atoms with Crippen molar-refractivity contribution in [2.75, 3.05) is 12.4 Å². The highest BCUT2D eigenvalue weighted by molar-refractivity contribution is 7.15. The second-order valence-corrected chi connectivity index (χ2v) is 5.21. The first kappa shape index (κ1) is 11.4. The number of hydrogen-bond acceptors (Lipinski definition) is 3. The van der Waals surface area contributed by atoms with E-state index in [0.717, 1.165) is 22.3 Å². The van der Waals surface area contributed by atoms with E-state index in [-0.39, 0.29) is 0 Å². The van der Waals surface area contributed by atoms with E-state index in [1.165, 1.54) is 10.4 Å². The molecule has 16 heavy (non-hydrogen) atoms. The van der Waals surface area contributed by atoms with Crippen molar-refractivity contribution in [2.45, 2.75) is 13.3 Å². The molecule has 2 rings (SSSR count). The Morgan fingerprint density at radius 2 is 2.00 bits per heavy atom. The molecule has 0 fully saturated rings. The van der Waals surface area contributed by atoms with Crippen LogP contribution in [-0.4, -0.2) is 12.0 Å². The maximum Gasteiger partial charge on any atom is 0.182 e. The zero-order valence-corrected chi connectivity index (χ0v) is 10.8. The van der Waals surface area contributed by atoms with E-state index < -0.39 is 0 Å². The lowest BCUT2D eigenvalue weighted by atomic mass is 10.1. The predicted molar refractivity (Wildman–Crippen MR) is 70.7 cm³/mol. The Hall–Kier alpha value is -1.06. The summed E-state index contributed by atoms with van der Waals surface area (Å²) in [4.78, 5) is 5.78. The fourth-order valence-electron chi connectivity index (χ4n) is 1.49. The molecule has 0 atom stereocenters. The molecule has 0 radical (unpaired) electrons. The van der Waals surface area contributed by atoms with Crippen molar-refractivity contribution in [2.24, 2.45) is 0 Å². The van der Waals surface area contributed by atoms with E-state index in [9.17, 15) is 0 Å². The molecular weight excluding hydrogens is 240 g/mol. The third-order valence-corrected chi connectivity index (χ3v) is 3.67. The van der Waals surface area contributed by atoms with Crippen molar-refractivity contribution in [1.82, 2.24) is 4.98 Å². The number of rotatable bonds is 3. The third-order valence-electron chi connectivity index (χ3n) is 2.39. The summed E-state index contributed by atoms with van der Waals surface area (Å²) in [5.41, 5.74) is 2.37. The molecule has 1 heterocycles. The van der Waals surface area contributed by atoms with Gasteiger partial charge in [0.15, 0.2) is 5.13 Å². The summed E-state index contributed by atoms with van der Waals surface area (Å²) in [6.07, 6.45) is 0.862. The molecule has 0 saturated carbocycles. The van der Waals surface area contributed by atoms with Crippen LogP contribution in [0.15, 0.2) is 24.3 Å². The van der Waals surface area contributed by atoms with Crippen LogP contribution in [0, 0.1) is 6.92 Å². The first-order chi connectivity index (χ1) is 7.69. The van der Waals surface area contributed by atoms with Gasteiger partial charge in [0.25, 0.3) is 0 Å². The molecule has 1 aromatic heterocycles. The van der Waals surface area contributed by atoms with Gasteiger partial charge >= 0.3 is 0 Å². The Balaban J connectivity index is 2.19. The summed E-state index contributed by atoms with van der Waals surface area (Å²) in [5, 5.41) is 4.82. The summed E-state index contributed by atoms with van der Waals surface area (Å²) in [7, 11) is 1.89. The van der Waals surface area contributed by atoms with Gasteiger partial charge in [-0.3, -0.25) is 0 Å². The normalized spacial score (nSPS) is 10.4. The van der Waals surface area contributed by atoms with Crippen LogP contribution in [0.5, 0.6) is 0 Å². The predicted octanol–water partition coefficient (Wildman–Crippen LogP) is 3.74. The molecule has 0 bridgehead atoms. The minimum absolute atomic E-state index is 0.773. The van der Waals surface area contributed by atoms with Gasteiger partial charge in [0.05, 0.1) is 5.69 Å². The van der Waals surface area contributed by atoms with Crippen LogP contribution in [0.2, 0.25) is 5.02 Å². The maximum absolute atomic E-state index is 5.85. The smallest absolute Gasteiger partial charge is 0.182 e. The van der Waals surface area contributed by atoms with Gasteiger partial charge in [-0.2, -0.15) is 0 Å². The minimum Gasteiger partial charge on any atom is -0.365 e. The van der Waals surface area contributed by atoms with Crippen molar-refractivity contribution < 1.29 is 0 Å². The average Bonchev–Trinajstić information content (AvgIpc) is 2.63. The summed E-state index contributed by atoms with van der Waals surface area (Å²) in [6.45, 7) is 2.10. The van der Waals surface area contributed by atoms with Gasteiger partial charge in [-0.25, -0.2) is 4.98 Å². The molecule has 0 spiro atoms. The van der Waals surface area contributed by atoms with Gasteiger partial charge in [-0.05, 0) is 24.6 Å². The Kier molecular flexibility index (Phi) is 3.46. The van der Waals surface area contributed by atoms with Crippen molar-refractivity contribution in [3.63, 3.8) is 0 Å². The number of hydrogen-bond donors (Lipinski definition) is 1. The standard InChI is InChI=1S/C12H13ClN2S/c1-8-11(15-12(14-2)16-8)7-9-3-5-10(13)6-4-9/h3-6H,7H2,1-2H3,(H,14,15). The Labute approximate surface area is 104 Å². The zero-order valence-electron chi connectivity index (χ0n) is 9.25. The minimum atomic E-state index is 0.773. The van der Waals surface area contributed by atoms with E-state index in [1.54, 1.807) is 11.3 Å². The molecule has 2 aromatic rings. The molecule has 4 heteroatoms. The SMILES string of the molecule is CNc1nc(Cc2ccc(Cl)cc2)c(C)s1. The second kappa shape index (κ2) is 4.85. The van der Waals surface area contributed by atoms with Crippen LogP contribution in [0.1, 0.15) is 16.1 Å². The lowest BCUT2D eigenvalue weighted by Crippen LogP contribution is -1.92. The van der Waals surface area contributed by atoms with Crippen LogP contribution in [0.3, 0.4) is 0 Å². The average molecular weight is 253 g/mol. The Bertz CT molecular complexity index is 476. The molecule has 1 aromatic carbocycles. The molecule has 2 nitrogen and oxygen atoms in total. The van der Waals surface area contributed by atoms with Crippen LogP contribution < -0.4 is 5.32 Å². The maximum atomic E-state index is 5.85. The number of aromatic nitrogens is 1. The number of aryl methyl sites for hydroxylation is 1. The quantitative estimate of drug-likeness (QED) is 0.900. The molecule has 0 aliphatic rings. The number of halogens is 1. The molecule has 1 N–H and O–H groups in total. The van der Waals surface area contributed by atoms with Crippen LogP contribution in [0.25, 0.3) is 0 Å². The van der Waals surface area contributed by atoms with Gasteiger partial charge in [-0.1, -0.05) is 23.7 Å². The van der Waals surface area contributed by atoms with Crippen LogP contribution in [-0.2, 0) is 6.42 Å². The summed E-state index contributed by atoms with van der Waals surface area (Å²) in [5.74, 6) is 0. The second-order valence-electron chi connectivity index (χ2n) is 3.58. The number of nitrogens with one attached hydrogen (secondary N) is 1. The number of benzene rings is 1. The Morgan fingerprint density at radius 3 is 2.56 bits per heavy atom. The molecule has 0 saturated heterocycles. The van der Waals surface area contributed by atoms with Crippen molar-refractivity contribution in [3.05, 3.63) is 45.4 Å². The van der Waals surface area contributed by atoms with E-state index in [2.05, 4.69) is 17.2 Å². The first-order valence-corrected chi connectivity index (χ1v) is 6.27. The van der Waals surface area contributed by atoms with Crippen LogP contribution in [0.4, 0.5) is 5.13 Å². The summed E-state index contributed by atoms with van der Waals surface area (Å²) < 4.78 is 0. The van der Waals surface area contributed by atoms with Crippen molar-refractivity contribution >= 4 is 28.1 Å². The highest BCUT2D eigenvalue weighted by Gasteiger charge is 2.07. The number of nitrogens with zero attached hydrogens (tertiary/aromatic N) is 1. The van der Waals surface area contributed by atoms with Gasteiger partial charge < -0.3 is 5.32 Å². The highest BCUT2D eigenvalue weighted by atomic mass is 35.5. The zero-order chi connectivity index (χ0) is 11.5. The van der Waals surface area contributed by atoms with E-state index in [1.807, 2.05) is 31.3 Å². The first-order valence-electron chi connectivity index (χ1n) is 5.07. The topological polar surface area (TPSA) is 24.9 Å². The molecule has 0 aliphatic carbocycles. The fourth-order valence-corrected chi connectivity index (χ4v) is 2.40. The van der Waals surface area contributed by atoms with Gasteiger partial charge in [0, 0.05) is 23.4 Å². The molecule has 0 amide bonds. The third kappa shape index (κ3) is 2.54. The largest absolute Gasteiger partial charge is 0.365 e. The Morgan fingerprint density at radius 1 is 1.31 bits per heavy atom. The lowest BCUT2D eigenvalue weighted by Gasteiger charge is -1.99. The number of anilines is 1.